The van der Waals surface area contributed by atoms with E-state index in [1.165, 1.54) is 10.4 Å². The Bertz CT molecular complexity index is 2140. The maximum absolute atomic E-state index is 13.2. The molecule has 1 aromatic heterocycles. The first-order valence-corrected chi connectivity index (χ1v) is 16.8. The van der Waals surface area contributed by atoms with Crippen LogP contribution >= 0.6 is 0 Å². The van der Waals surface area contributed by atoms with Gasteiger partial charge in [0, 0.05) is 39.9 Å². The van der Waals surface area contributed by atoms with Crippen molar-refractivity contribution in [3.63, 3.8) is 0 Å². The highest BCUT2D eigenvalue weighted by Crippen LogP contribution is 2.28. The van der Waals surface area contributed by atoms with Gasteiger partial charge in [-0.3, -0.25) is 13.9 Å². The quantitative estimate of drug-likeness (QED) is 0.150. The van der Waals surface area contributed by atoms with Crippen LogP contribution in [0.3, 0.4) is 0 Å². The number of para-hydroxylation sites is 1. The van der Waals surface area contributed by atoms with Crippen molar-refractivity contribution in [2.75, 3.05) is 23.7 Å². The number of hydrogen-bond acceptors (Lipinski definition) is 5. The molecule has 232 valence electrons. The normalized spacial score (nSPS) is 11.4. The van der Waals surface area contributed by atoms with Gasteiger partial charge in [-0.1, -0.05) is 78.9 Å². The van der Waals surface area contributed by atoms with Gasteiger partial charge in [-0.2, -0.15) is 0 Å². The number of ether oxygens (including phenoxy) is 1. The summed E-state index contributed by atoms with van der Waals surface area (Å²) in [5.41, 5.74) is 4.81. The van der Waals surface area contributed by atoms with Crippen LogP contribution in [0.5, 0.6) is 5.75 Å². The number of benzene rings is 5. The second-order valence-corrected chi connectivity index (χ2v) is 13.0. The van der Waals surface area contributed by atoms with Crippen molar-refractivity contribution in [1.82, 2.24) is 10.3 Å². The SMILES string of the molecule is CS(=O)(=O)N(Cc1ccccc1)c1cccc(C(=O)CNC(=O)c2ccccc2CCOc2ccc3c(c2)[nH]c2ccccc23)c1. The molecule has 0 saturated heterocycles. The molecule has 0 unspecified atom stereocenters. The Morgan fingerprint density at radius 2 is 1.52 bits per heavy atom. The molecule has 1 heterocycles. The molecule has 0 fully saturated rings. The number of sulfonamides is 1. The number of hydrogen-bond donors (Lipinski definition) is 2. The van der Waals surface area contributed by atoms with Crippen LogP contribution in [0.1, 0.15) is 31.8 Å². The first kappa shape index (κ1) is 30.6. The third-order valence-corrected chi connectivity index (χ3v) is 8.96. The third kappa shape index (κ3) is 6.95. The zero-order valence-corrected chi connectivity index (χ0v) is 26.1. The van der Waals surface area contributed by atoms with Gasteiger partial charge in [-0.05, 0) is 47.5 Å². The number of rotatable bonds is 12. The Balaban J connectivity index is 1.08. The van der Waals surface area contributed by atoms with E-state index in [0.717, 1.165) is 44.9 Å². The summed E-state index contributed by atoms with van der Waals surface area (Å²) in [6, 6.07) is 37.0. The van der Waals surface area contributed by atoms with Crippen molar-refractivity contribution in [1.29, 1.82) is 0 Å². The predicted octanol–water partition coefficient (Wildman–Crippen LogP) is 6.52. The zero-order chi connectivity index (χ0) is 32.1. The molecule has 0 radical (unpaired) electrons. The van der Waals surface area contributed by atoms with E-state index in [1.54, 1.807) is 30.3 Å². The lowest BCUT2D eigenvalue weighted by atomic mass is 10.0. The summed E-state index contributed by atoms with van der Waals surface area (Å²) in [5.74, 6) is 0.0185. The topological polar surface area (TPSA) is 109 Å². The molecule has 0 aliphatic heterocycles. The van der Waals surface area contributed by atoms with Crippen molar-refractivity contribution in [2.24, 2.45) is 0 Å². The monoisotopic (exact) mass is 631 g/mol. The average molecular weight is 632 g/mol. The van der Waals surface area contributed by atoms with Crippen LogP contribution in [0.15, 0.2) is 121 Å². The Morgan fingerprint density at radius 1 is 0.783 bits per heavy atom. The van der Waals surface area contributed by atoms with E-state index >= 15 is 0 Å². The maximum Gasteiger partial charge on any atom is 0.251 e. The number of amides is 1. The molecule has 0 aliphatic carbocycles. The highest BCUT2D eigenvalue weighted by atomic mass is 32.2. The number of fused-ring (bicyclic) bond motifs is 3. The molecule has 0 atom stereocenters. The molecular weight excluding hydrogens is 598 g/mol. The van der Waals surface area contributed by atoms with Crippen molar-refractivity contribution >= 4 is 49.2 Å². The van der Waals surface area contributed by atoms with Gasteiger partial charge >= 0.3 is 0 Å². The number of anilines is 1. The van der Waals surface area contributed by atoms with Crippen LogP contribution in [0.4, 0.5) is 5.69 Å². The molecule has 9 heteroatoms. The molecule has 2 N–H and O–H groups in total. The van der Waals surface area contributed by atoms with E-state index in [-0.39, 0.29) is 24.8 Å². The highest BCUT2D eigenvalue weighted by Gasteiger charge is 2.20. The smallest absolute Gasteiger partial charge is 0.251 e. The summed E-state index contributed by atoms with van der Waals surface area (Å²) >= 11 is 0. The molecule has 1 amide bonds. The molecule has 8 nitrogen and oxygen atoms in total. The van der Waals surface area contributed by atoms with Crippen molar-refractivity contribution < 1.29 is 22.7 Å². The van der Waals surface area contributed by atoms with Gasteiger partial charge in [0.1, 0.15) is 5.75 Å². The molecule has 0 spiro atoms. The summed E-state index contributed by atoms with van der Waals surface area (Å²) in [5, 5.41) is 5.02. The minimum atomic E-state index is -3.63. The van der Waals surface area contributed by atoms with Gasteiger partial charge in [0.05, 0.1) is 37.2 Å². The molecule has 6 aromatic rings. The number of nitrogens with one attached hydrogen (secondary N) is 2. The number of carbonyl (C=O) groups is 2. The fourth-order valence-corrected chi connectivity index (χ4v) is 6.38. The summed E-state index contributed by atoms with van der Waals surface area (Å²) in [6.45, 7) is 0.253. The predicted molar refractivity (Wildman–Crippen MR) is 182 cm³/mol. The fourth-order valence-electron chi connectivity index (χ4n) is 5.50. The van der Waals surface area contributed by atoms with E-state index in [0.29, 0.717) is 29.8 Å². The average Bonchev–Trinajstić information content (AvgIpc) is 3.44. The van der Waals surface area contributed by atoms with Gasteiger partial charge < -0.3 is 15.0 Å². The number of nitrogens with zero attached hydrogens (tertiary/aromatic N) is 1. The number of ketones is 1. The lowest BCUT2D eigenvalue weighted by molar-refractivity contribution is 0.0903. The first-order chi connectivity index (χ1) is 22.3. The number of H-pyrrole nitrogens is 1. The minimum absolute atomic E-state index is 0.131. The molecule has 0 bridgehead atoms. The van der Waals surface area contributed by atoms with Crippen LogP contribution in [0, 0.1) is 0 Å². The van der Waals surface area contributed by atoms with Crippen LogP contribution in [-0.4, -0.2) is 44.5 Å². The van der Waals surface area contributed by atoms with Gasteiger partial charge in [-0.15, -0.1) is 0 Å². The highest BCUT2D eigenvalue weighted by molar-refractivity contribution is 7.92. The first-order valence-electron chi connectivity index (χ1n) is 14.9. The van der Waals surface area contributed by atoms with Gasteiger partial charge in [0.2, 0.25) is 10.0 Å². The van der Waals surface area contributed by atoms with Crippen LogP contribution in [-0.2, 0) is 23.0 Å². The molecule has 46 heavy (non-hydrogen) atoms. The van der Waals surface area contributed by atoms with Crippen molar-refractivity contribution in [3.8, 4) is 5.75 Å². The van der Waals surface area contributed by atoms with E-state index in [2.05, 4.69) is 16.4 Å². The van der Waals surface area contributed by atoms with E-state index in [4.69, 9.17) is 4.74 Å². The molecule has 5 aromatic carbocycles. The molecule has 0 aliphatic rings. The van der Waals surface area contributed by atoms with Crippen molar-refractivity contribution in [3.05, 3.63) is 144 Å². The summed E-state index contributed by atoms with van der Waals surface area (Å²) in [6.07, 6.45) is 1.63. The summed E-state index contributed by atoms with van der Waals surface area (Å²) in [7, 11) is -3.63. The van der Waals surface area contributed by atoms with Crippen LogP contribution < -0.4 is 14.4 Å². The molecule has 0 saturated carbocycles. The van der Waals surface area contributed by atoms with E-state index < -0.39 is 10.0 Å². The van der Waals surface area contributed by atoms with Crippen LogP contribution in [0.25, 0.3) is 21.8 Å². The van der Waals surface area contributed by atoms with Gasteiger partial charge in [0.15, 0.2) is 5.78 Å². The Labute approximate surface area is 267 Å². The molecule has 6 rings (SSSR count). The second kappa shape index (κ2) is 13.3. The van der Waals surface area contributed by atoms with E-state index in [9.17, 15) is 18.0 Å². The molecular formula is C37H33N3O5S. The summed E-state index contributed by atoms with van der Waals surface area (Å²) in [4.78, 5) is 29.7. The number of Topliss-reactive ketones (excluding diaryl/α,β-unsaturated/α-hetero) is 1. The van der Waals surface area contributed by atoms with Gasteiger partial charge in [0.25, 0.3) is 5.91 Å². The largest absolute Gasteiger partial charge is 0.493 e. The Kier molecular flexibility index (Phi) is 8.85. The zero-order valence-electron chi connectivity index (χ0n) is 25.3. The Hall–Kier alpha value is -5.41. The van der Waals surface area contributed by atoms with E-state index in [1.807, 2.05) is 78.9 Å². The summed E-state index contributed by atoms with van der Waals surface area (Å²) < 4.78 is 32.6. The lowest BCUT2D eigenvalue weighted by Gasteiger charge is -2.23. The maximum atomic E-state index is 13.2. The third-order valence-electron chi connectivity index (χ3n) is 7.81. The number of aromatic amines is 1. The fraction of sp³-hybridized carbons (Fsp3) is 0.135. The standard InChI is InChI=1S/C37H33N3O5S/c1-46(43,44)40(25-26-10-3-2-4-11-26)29-14-9-13-28(22-29)36(41)24-38-37(42)31-15-6-5-12-27(31)20-21-45-30-18-19-33-32-16-7-8-17-34(32)39-35(33)23-30/h2-19,22-23,39H,20-21,24-25H2,1H3,(H,38,42). The van der Waals surface area contributed by atoms with Crippen LogP contribution in [0.2, 0.25) is 0 Å². The second-order valence-electron chi connectivity index (χ2n) is 11.0. The van der Waals surface area contributed by atoms with Crippen molar-refractivity contribution in [2.45, 2.75) is 13.0 Å². The lowest BCUT2D eigenvalue weighted by Crippen LogP contribution is -2.31. The Morgan fingerprint density at radius 3 is 2.35 bits per heavy atom. The minimum Gasteiger partial charge on any atom is -0.493 e. The number of carbonyl (C=O) groups excluding carboxylic acids is 2. The van der Waals surface area contributed by atoms with Gasteiger partial charge in [-0.25, -0.2) is 8.42 Å². The number of aromatic nitrogens is 1.